The van der Waals surface area contributed by atoms with Crippen LogP contribution in [0.1, 0.15) is 40.7 Å². The van der Waals surface area contributed by atoms with E-state index in [9.17, 15) is 18.0 Å². The Labute approximate surface area is 235 Å². The Morgan fingerprint density at radius 1 is 1.15 bits per heavy atom. The molecule has 1 saturated heterocycles. The van der Waals surface area contributed by atoms with Gasteiger partial charge in [-0.1, -0.05) is 43.3 Å². The van der Waals surface area contributed by atoms with Crippen LogP contribution in [0.25, 0.3) is 0 Å². The van der Waals surface area contributed by atoms with Crippen LogP contribution < -0.4 is 26.6 Å². The summed E-state index contributed by atoms with van der Waals surface area (Å²) in [5.41, 5.74) is 8.83. The van der Waals surface area contributed by atoms with Gasteiger partial charge in [-0.05, 0) is 49.1 Å². The molecule has 3 aromatic rings. The normalized spacial score (nSPS) is 15.3. The second-order valence-electron chi connectivity index (χ2n) is 9.63. The third-order valence-corrected chi connectivity index (χ3v) is 6.29. The molecule has 11 nitrogen and oxygen atoms in total. The van der Waals surface area contributed by atoms with Gasteiger partial charge in [0, 0.05) is 37.4 Å². The van der Waals surface area contributed by atoms with E-state index in [2.05, 4.69) is 57.1 Å². The number of primary amides is 1. The van der Waals surface area contributed by atoms with Gasteiger partial charge >= 0.3 is 12.1 Å². The van der Waals surface area contributed by atoms with E-state index in [1.807, 2.05) is 31.0 Å². The topological polar surface area (TPSA) is 158 Å². The number of aromatic nitrogens is 3. The number of hydrogen-bond donors (Lipinski definition) is 5. The number of likely N-dealkylation sites (N-methyl/N-ethyl adjacent to an activating group) is 1. The van der Waals surface area contributed by atoms with Crippen LogP contribution in [0.3, 0.4) is 0 Å². The predicted octanol–water partition coefficient (Wildman–Crippen LogP) is 3.67. The van der Waals surface area contributed by atoms with E-state index in [-0.39, 0.29) is 6.04 Å². The molecule has 0 spiro atoms. The van der Waals surface area contributed by atoms with Gasteiger partial charge in [0.2, 0.25) is 23.8 Å². The molecule has 4 rings (SSSR count). The Kier molecular flexibility index (Phi) is 10.4. The van der Waals surface area contributed by atoms with Crippen LogP contribution in [0.4, 0.5) is 36.7 Å². The molecule has 220 valence electrons. The first kappa shape index (κ1) is 31.1. The SMILES string of the molecule is Cc1ccc(C(N)=O)cc1Nc1nc(N[C@@H]2CCNC2)nc(N(C)CC(C)c2ccccc2)n1.O=C(O)C(F)(F)F. The van der Waals surface area contributed by atoms with Crippen LogP contribution in [0.2, 0.25) is 0 Å². The highest BCUT2D eigenvalue weighted by Crippen LogP contribution is 2.24. The predicted molar refractivity (Wildman–Crippen MR) is 150 cm³/mol. The largest absolute Gasteiger partial charge is 0.490 e. The first-order chi connectivity index (χ1) is 19.3. The summed E-state index contributed by atoms with van der Waals surface area (Å²) < 4.78 is 31.7. The quantitative estimate of drug-likeness (QED) is 0.255. The Bertz CT molecular complexity index is 1340. The fourth-order valence-corrected chi connectivity index (χ4v) is 4.03. The van der Waals surface area contributed by atoms with Gasteiger partial charge in [0.15, 0.2) is 0 Å². The van der Waals surface area contributed by atoms with Gasteiger partial charge in [0.1, 0.15) is 0 Å². The highest BCUT2D eigenvalue weighted by molar-refractivity contribution is 5.94. The number of nitrogens with one attached hydrogen (secondary N) is 3. The van der Waals surface area contributed by atoms with Crippen LogP contribution in [0, 0.1) is 6.92 Å². The number of carbonyl (C=O) groups is 2. The lowest BCUT2D eigenvalue weighted by Crippen LogP contribution is -2.27. The molecule has 14 heteroatoms. The lowest BCUT2D eigenvalue weighted by molar-refractivity contribution is -0.192. The first-order valence-corrected chi connectivity index (χ1v) is 12.8. The van der Waals surface area contributed by atoms with Crippen molar-refractivity contribution in [3.8, 4) is 0 Å². The number of alkyl halides is 3. The lowest BCUT2D eigenvalue weighted by Gasteiger charge is -2.23. The lowest BCUT2D eigenvalue weighted by atomic mass is 10.0. The maximum Gasteiger partial charge on any atom is 0.490 e. The summed E-state index contributed by atoms with van der Waals surface area (Å²) in [6.45, 7) is 6.72. The molecule has 1 fully saturated rings. The van der Waals surface area contributed by atoms with Crippen molar-refractivity contribution in [2.75, 3.05) is 42.2 Å². The third-order valence-electron chi connectivity index (χ3n) is 6.29. The molecule has 1 aliphatic rings. The Balaban J connectivity index is 0.000000587. The monoisotopic (exact) mass is 574 g/mol. The van der Waals surface area contributed by atoms with E-state index in [1.54, 1.807) is 12.1 Å². The fraction of sp³-hybridized carbons (Fsp3) is 0.370. The summed E-state index contributed by atoms with van der Waals surface area (Å²) in [5, 5.41) is 17.2. The van der Waals surface area contributed by atoms with Crippen molar-refractivity contribution in [1.29, 1.82) is 0 Å². The van der Waals surface area contributed by atoms with Gasteiger partial charge in [-0.2, -0.15) is 28.1 Å². The number of carboxylic acids is 1. The van der Waals surface area contributed by atoms with Gasteiger partial charge in [-0.25, -0.2) is 4.79 Å². The molecular weight excluding hydrogens is 541 g/mol. The molecule has 2 aromatic carbocycles. The van der Waals surface area contributed by atoms with Gasteiger partial charge in [-0.3, -0.25) is 4.79 Å². The minimum Gasteiger partial charge on any atom is -0.475 e. The fourth-order valence-electron chi connectivity index (χ4n) is 4.03. The van der Waals surface area contributed by atoms with Gasteiger partial charge in [0.25, 0.3) is 0 Å². The minimum atomic E-state index is -5.08. The van der Waals surface area contributed by atoms with E-state index in [4.69, 9.17) is 20.6 Å². The standard InChI is InChI=1S/C25H32N8O.C2HF3O2/c1-16-9-10-19(22(26)34)13-21(16)29-24-30-23(28-20-11-12-27-14-20)31-25(32-24)33(3)15-17(2)18-7-5-4-6-8-18;3-2(4,5)1(6)7/h4-10,13,17,20,27H,11-12,14-15H2,1-3H3,(H2,26,34)(H2,28,29,30,31,32);(H,6,7)/t17?,20-;/m1./s1. The number of anilines is 4. The third kappa shape index (κ3) is 9.31. The number of aryl methyl sites for hydroxylation is 1. The molecule has 1 aromatic heterocycles. The summed E-state index contributed by atoms with van der Waals surface area (Å²) in [6, 6.07) is 15.9. The number of halogens is 3. The smallest absolute Gasteiger partial charge is 0.475 e. The van der Waals surface area contributed by atoms with Crippen molar-refractivity contribution in [2.45, 2.75) is 38.4 Å². The van der Waals surface area contributed by atoms with Gasteiger partial charge < -0.3 is 31.7 Å². The minimum absolute atomic E-state index is 0.261. The summed E-state index contributed by atoms with van der Waals surface area (Å²) in [5.74, 6) is -1.45. The van der Waals surface area contributed by atoms with Crippen LogP contribution in [-0.2, 0) is 4.79 Å². The van der Waals surface area contributed by atoms with Crippen LogP contribution >= 0.6 is 0 Å². The number of nitrogens with two attached hydrogens (primary N) is 1. The number of carbonyl (C=O) groups excluding carboxylic acids is 1. The maximum atomic E-state index is 11.7. The molecule has 1 aliphatic heterocycles. The molecule has 0 bridgehead atoms. The van der Waals surface area contributed by atoms with Crippen LogP contribution in [0.15, 0.2) is 48.5 Å². The number of rotatable bonds is 9. The average Bonchev–Trinajstić information content (AvgIpc) is 3.43. The van der Waals surface area contributed by atoms with Crippen molar-refractivity contribution in [2.24, 2.45) is 5.73 Å². The Morgan fingerprint density at radius 2 is 1.80 bits per heavy atom. The zero-order chi connectivity index (χ0) is 30.2. The van der Waals surface area contributed by atoms with Gasteiger partial charge in [0.05, 0.1) is 0 Å². The summed E-state index contributed by atoms with van der Waals surface area (Å²) in [4.78, 5) is 36.6. The number of aliphatic carboxylic acids is 1. The summed E-state index contributed by atoms with van der Waals surface area (Å²) in [7, 11) is 1.98. The van der Waals surface area contributed by atoms with Crippen LogP contribution in [-0.4, -0.2) is 70.8 Å². The Hall–Kier alpha value is -4.46. The molecule has 41 heavy (non-hydrogen) atoms. The van der Waals surface area contributed by atoms with Crippen molar-refractivity contribution < 1.29 is 27.9 Å². The number of benzene rings is 2. The second-order valence-corrected chi connectivity index (χ2v) is 9.63. The number of nitrogens with zero attached hydrogens (tertiary/aromatic N) is 4. The molecule has 0 saturated carbocycles. The molecule has 2 atom stereocenters. The van der Waals surface area contributed by atoms with Crippen molar-refractivity contribution in [3.05, 3.63) is 65.2 Å². The average molecular weight is 575 g/mol. The van der Waals surface area contributed by atoms with Crippen LogP contribution in [0.5, 0.6) is 0 Å². The highest BCUT2D eigenvalue weighted by Gasteiger charge is 2.38. The van der Waals surface area contributed by atoms with E-state index in [0.717, 1.165) is 37.3 Å². The molecular formula is C27H33F3N8O3. The van der Waals surface area contributed by atoms with E-state index < -0.39 is 18.1 Å². The number of hydrogen-bond acceptors (Lipinski definition) is 9. The van der Waals surface area contributed by atoms with Crippen molar-refractivity contribution in [1.82, 2.24) is 20.3 Å². The molecule has 0 aliphatic carbocycles. The summed E-state index contributed by atoms with van der Waals surface area (Å²) >= 11 is 0. The van der Waals surface area contributed by atoms with E-state index in [1.165, 1.54) is 5.56 Å². The highest BCUT2D eigenvalue weighted by atomic mass is 19.4. The zero-order valence-electron chi connectivity index (χ0n) is 22.9. The number of carboxylic acid groups (broad SMARTS) is 1. The van der Waals surface area contributed by atoms with Crippen molar-refractivity contribution >= 4 is 35.4 Å². The summed E-state index contributed by atoms with van der Waals surface area (Å²) in [6.07, 6.45) is -4.08. The zero-order valence-corrected chi connectivity index (χ0v) is 22.9. The second kappa shape index (κ2) is 13.7. The van der Waals surface area contributed by atoms with Gasteiger partial charge in [-0.15, -0.1) is 0 Å². The molecule has 0 radical (unpaired) electrons. The van der Waals surface area contributed by atoms with E-state index in [0.29, 0.717) is 29.3 Å². The molecule has 2 heterocycles. The first-order valence-electron chi connectivity index (χ1n) is 12.8. The Morgan fingerprint density at radius 3 is 2.39 bits per heavy atom. The maximum absolute atomic E-state index is 11.7. The van der Waals surface area contributed by atoms with Crippen molar-refractivity contribution in [3.63, 3.8) is 0 Å². The van der Waals surface area contributed by atoms with E-state index >= 15 is 0 Å². The molecule has 6 N–H and O–H groups in total. The molecule has 1 unspecified atom stereocenters. The number of amides is 1. The molecule has 1 amide bonds.